The Balaban J connectivity index is 4.88. The van der Waals surface area contributed by atoms with Crippen molar-refractivity contribution in [2.75, 3.05) is 7.11 Å². The number of hydrogen-bond donors (Lipinski definition) is 1. The van der Waals surface area contributed by atoms with Gasteiger partial charge in [0.05, 0.1) is 18.4 Å². The minimum absolute atomic E-state index is 0.376. The Bertz CT molecular complexity index is 289. The average Bonchev–Trinajstić information content (AvgIpc) is 2.14. The van der Waals surface area contributed by atoms with E-state index < -0.39 is 17.3 Å². The first-order valence-electron chi connectivity index (χ1n) is 4.73. The van der Waals surface area contributed by atoms with E-state index in [-0.39, 0.29) is 5.97 Å². The Labute approximate surface area is 89.9 Å². The molecule has 15 heavy (non-hydrogen) atoms. The molecule has 0 bridgehead atoms. The number of hydrogen-bond acceptors (Lipinski definition) is 3. The molecular formula is C11H18O4. The minimum atomic E-state index is -0.899. The number of ether oxygens (including phenoxy) is 1. The zero-order valence-electron chi connectivity index (χ0n) is 9.83. The van der Waals surface area contributed by atoms with Gasteiger partial charge in [-0.05, 0) is 27.7 Å². The summed E-state index contributed by atoms with van der Waals surface area (Å²) in [7, 11) is 1.31. The van der Waals surface area contributed by atoms with Gasteiger partial charge in [-0.15, -0.1) is 0 Å². The van der Waals surface area contributed by atoms with Gasteiger partial charge in [0.25, 0.3) is 0 Å². The van der Waals surface area contributed by atoms with E-state index in [1.807, 2.05) is 0 Å². The average molecular weight is 214 g/mol. The van der Waals surface area contributed by atoms with E-state index in [9.17, 15) is 9.59 Å². The van der Waals surface area contributed by atoms with Crippen molar-refractivity contribution in [2.24, 2.45) is 11.3 Å². The van der Waals surface area contributed by atoms with Gasteiger partial charge in [-0.2, -0.15) is 0 Å². The van der Waals surface area contributed by atoms with Crippen LogP contribution < -0.4 is 0 Å². The molecule has 1 atom stereocenters. The molecular weight excluding hydrogens is 196 g/mol. The second kappa shape index (κ2) is 4.96. The normalized spacial score (nSPS) is 14.6. The molecule has 0 aromatic rings. The highest BCUT2D eigenvalue weighted by atomic mass is 16.5. The van der Waals surface area contributed by atoms with Crippen molar-refractivity contribution in [1.82, 2.24) is 0 Å². The van der Waals surface area contributed by atoms with Crippen LogP contribution in [0.3, 0.4) is 0 Å². The highest BCUT2D eigenvalue weighted by Crippen LogP contribution is 2.24. The molecule has 0 saturated carbocycles. The molecule has 0 spiro atoms. The van der Waals surface area contributed by atoms with Crippen LogP contribution in [0.15, 0.2) is 11.6 Å². The first kappa shape index (κ1) is 13.7. The van der Waals surface area contributed by atoms with Crippen LogP contribution in [0.5, 0.6) is 0 Å². The van der Waals surface area contributed by atoms with E-state index in [0.29, 0.717) is 5.57 Å². The Morgan fingerprint density at radius 3 is 2.20 bits per heavy atom. The van der Waals surface area contributed by atoms with Crippen LogP contribution >= 0.6 is 0 Å². The molecule has 0 aliphatic rings. The number of carboxylic acid groups (broad SMARTS) is 1. The largest absolute Gasteiger partial charge is 0.481 e. The third kappa shape index (κ3) is 3.73. The van der Waals surface area contributed by atoms with Crippen molar-refractivity contribution in [3.8, 4) is 0 Å². The van der Waals surface area contributed by atoms with Gasteiger partial charge < -0.3 is 9.84 Å². The summed E-state index contributed by atoms with van der Waals surface area (Å²) in [6.45, 7) is 6.67. The first-order chi connectivity index (χ1) is 6.72. The van der Waals surface area contributed by atoms with E-state index in [4.69, 9.17) is 5.11 Å². The summed E-state index contributed by atoms with van der Waals surface area (Å²) >= 11 is 0. The fourth-order valence-corrected chi connectivity index (χ4v) is 1.21. The van der Waals surface area contributed by atoms with E-state index >= 15 is 0 Å². The molecule has 0 aliphatic heterocycles. The highest BCUT2D eigenvalue weighted by molar-refractivity contribution is 5.79. The van der Waals surface area contributed by atoms with Crippen molar-refractivity contribution >= 4 is 11.9 Å². The Morgan fingerprint density at radius 2 is 1.87 bits per heavy atom. The SMILES string of the molecule is COC(=O)C(C)(C)C=C(C)C(C)C(=O)O. The van der Waals surface area contributed by atoms with Gasteiger partial charge >= 0.3 is 11.9 Å². The third-order valence-corrected chi connectivity index (χ3v) is 2.35. The molecule has 0 aliphatic carbocycles. The lowest BCUT2D eigenvalue weighted by molar-refractivity contribution is -0.148. The monoisotopic (exact) mass is 214 g/mol. The second-order valence-corrected chi connectivity index (χ2v) is 4.16. The van der Waals surface area contributed by atoms with Crippen molar-refractivity contribution in [3.63, 3.8) is 0 Å². The number of carbonyl (C=O) groups is 2. The lowest BCUT2D eigenvalue weighted by atomic mass is 9.88. The summed E-state index contributed by atoms with van der Waals surface area (Å²) in [6.07, 6.45) is 1.64. The number of carboxylic acids is 1. The molecule has 1 unspecified atom stereocenters. The second-order valence-electron chi connectivity index (χ2n) is 4.16. The number of rotatable bonds is 4. The van der Waals surface area contributed by atoms with Gasteiger partial charge in [-0.1, -0.05) is 11.6 Å². The molecule has 0 rings (SSSR count). The zero-order chi connectivity index (χ0) is 12.2. The molecule has 0 radical (unpaired) electrons. The summed E-state index contributed by atoms with van der Waals surface area (Å²) in [5, 5.41) is 8.79. The maximum absolute atomic E-state index is 11.3. The van der Waals surface area contributed by atoms with Crippen LogP contribution in [-0.4, -0.2) is 24.2 Å². The van der Waals surface area contributed by atoms with E-state index in [2.05, 4.69) is 4.74 Å². The number of carbonyl (C=O) groups excluding carboxylic acids is 1. The quantitative estimate of drug-likeness (QED) is 0.573. The van der Waals surface area contributed by atoms with Gasteiger partial charge in [0.2, 0.25) is 0 Å². The van der Waals surface area contributed by atoms with E-state index in [1.54, 1.807) is 33.8 Å². The van der Waals surface area contributed by atoms with Gasteiger partial charge in [0, 0.05) is 0 Å². The summed E-state index contributed by atoms with van der Waals surface area (Å²) < 4.78 is 4.63. The summed E-state index contributed by atoms with van der Waals surface area (Å²) in [6, 6.07) is 0. The predicted molar refractivity (Wildman–Crippen MR) is 56.4 cm³/mol. The predicted octanol–water partition coefficient (Wildman–Crippen LogP) is 1.85. The first-order valence-corrected chi connectivity index (χ1v) is 4.73. The molecule has 0 aromatic carbocycles. The smallest absolute Gasteiger partial charge is 0.315 e. The van der Waals surface area contributed by atoms with Gasteiger partial charge in [0.15, 0.2) is 0 Å². The van der Waals surface area contributed by atoms with Crippen LogP contribution in [0.4, 0.5) is 0 Å². The van der Waals surface area contributed by atoms with Crippen molar-refractivity contribution in [2.45, 2.75) is 27.7 Å². The third-order valence-electron chi connectivity index (χ3n) is 2.35. The number of methoxy groups -OCH3 is 1. The van der Waals surface area contributed by atoms with Crippen LogP contribution in [0, 0.1) is 11.3 Å². The number of esters is 1. The fourth-order valence-electron chi connectivity index (χ4n) is 1.21. The number of aliphatic carboxylic acids is 1. The maximum atomic E-state index is 11.3. The molecule has 0 heterocycles. The molecule has 4 heteroatoms. The summed E-state index contributed by atoms with van der Waals surface area (Å²) in [5.41, 5.74) is -0.138. The lowest BCUT2D eigenvalue weighted by Gasteiger charge is -2.19. The molecule has 0 aromatic heterocycles. The Hall–Kier alpha value is -1.32. The van der Waals surface area contributed by atoms with Crippen LogP contribution in [0.1, 0.15) is 27.7 Å². The van der Waals surface area contributed by atoms with Crippen LogP contribution in [-0.2, 0) is 14.3 Å². The zero-order valence-corrected chi connectivity index (χ0v) is 9.83. The molecule has 0 fully saturated rings. The molecule has 1 N–H and O–H groups in total. The van der Waals surface area contributed by atoms with Crippen LogP contribution in [0.25, 0.3) is 0 Å². The molecule has 0 saturated heterocycles. The van der Waals surface area contributed by atoms with E-state index in [0.717, 1.165) is 0 Å². The van der Waals surface area contributed by atoms with Crippen molar-refractivity contribution in [1.29, 1.82) is 0 Å². The Kier molecular flexibility index (Phi) is 4.52. The van der Waals surface area contributed by atoms with Crippen molar-refractivity contribution in [3.05, 3.63) is 11.6 Å². The summed E-state index contributed by atoms with van der Waals surface area (Å²) in [5.74, 6) is -1.86. The van der Waals surface area contributed by atoms with Gasteiger partial charge in [-0.25, -0.2) is 0 Å². The maximum Gasteiger partial charge on any atom is 0.315 e. The Morgan fingerprint density at radius 1 is 1.40 bits per heavy atom. The molecule has 86 valence electrons. The van der Waals surface area contributed by atoms with Crippen molar-refractivity contribution < 1.29 is 19.4 Å². The van der Waals surface area contributed by atoms with Gasteiger partial charge in [-0.3, -0.25) is 9.59 Å². The molecule has 4 nitrogen and oxygen atoms in total. The lowest BCUT2D eigenvalue weighted by Crippen LogP contribution is -2.24. The standard InChI is InChI=1S/C11H18O4/c1-7(8(2)9(12)13)6-11(3,4)10(14)15-5/h6,8H,1-5H3,(H,12,13). The van der Waals surface area contributed by atoms with E-state index in [1.165, 1.54) is 7.11 Å². The topological polar surface area (TPSA) is 63.6 Å². The minimum Gasteiger partial charge on any atom is -0.481 e. The fraction of sp³-hybridized carbons (Fsp3) is 0.636. The summed E-state index contributed by atoms with van der Waals surface area (Å²) in [4.78, 5) is 22.1. The molecule has 0 amide bonds. The highest BCUT2D eigenvalue weighted by Gasteiger charge is 2.27. The van der Waals surface area contributed by atoms with Gasteiger partial charge in [0.1, 0.15) is 0 Å². The van der Waals surface area contributed by atoms with Crippen LogP contribution in [0.2, 0.25) is 0 Å².